The molecule has 1 aromatic carbocycles. The molecule has 0 radical (unpaired) electrons. The van der Waals surface area contributed by atoms with Gasteiger partial charge in [-0.15, -0.1) is 0 Å². The number of fused-ring (bicyclic) bond motifs is 1. The highest BCUT2D eigenvalue weighted by Crippen LogP contribution is 2.13. The van der Waals surface area contributed by atoms with Crippen molar-refractivity contribution in [2.75, 3.05) is 5.32 Å². The summed E-state index contributed by atoms with van der Waals surface area (Å²) >= 11 is 0. The minimum Gasteiger partial charge on any atom is -0.364 e. The number of rotatable bonds is 3. The zero-order chi connectivity index (χ0) is 12.4. The molecule has 0 saturated heterocycles. The van der Waals surface area contributed by atoms with E-state index < -0.39 is 0 Å². The van der Waals surface area contributed by atoms with Crippen LogP contribution in [-0.2, 0) is 11.2 Å². The number of imidazole rings is 1. The van der Waals surface area contributed by atoms with Crippen LogP contribution in [-0.4, -0.2) is 21.0 Å². The summed E-state index contributed by atoms with van der Waals surface area (Å²) < 4.78 is 4.66. The second kappa shape index (κ2) is 4.33. The van der Waals surface area contributed by atoms with Gasteiger partial charge in [-0.25, -0.2) is 4.98 Å². The second-order valence-corrected chi connectivity index (χ2v) is 3.82. The van der Waals surface area contributed by atoms with E-state index in [1.54, 1.807) is 6.07 Å². The van der Waals surface area contributed by atoms with E-state index >= 15 is 0 Å². The van der Waals surface area contributed by atoms with Crippen molar-refractivity contribution >= 4 is 22.9 Å². The summed E-state index contributed by atoms with van der Waals surface area (Å²) in [6, 6.07) is 9.22. The van der Waals surface area contributed by atoms with Gasteiger partial charge in [0.15, 0.2) is 0 Å². The zero-order valence-electron chi connectivity index (χ0n) is 9.38. The normalized spacial score (nSPS) is 10.7. The molecule has 1 amide bonds. The van der Waals surface area contributed by atoms with Crippen LogP contribution < -0.4 is 5.32 Å². The molecule has 0 fully saturated rings. The lowest BCUT2D eigenvalue weighted by atomic mass is 10.3. The number of anilines is 1. The molecule has 2 N–H and O–H groups in total. The molecule has 0 aliphatic heterocycles. The maximum atomic E-state index is 11.7. The predicted octanol–water partition coefficient (Wildman–Crippen LogP) is 1.73. The topological polar surface area (TPSA) is 83.8 Å². The molecular weight excluding hydrogens is 232 g/mol. The van der Waals surface area contributed by atoms with Crippen LogP contribution in [0.2, 0.25) is 0 Å². The SMILES string of the molecule is O=C(Cc1ccon1)Nc1nc2ccccc2[nH]1. The third-order valence-electron chi connectivity index (χ3n) is 2.48. The molecule has 6 heteroatoms. The van der Waals surface area contributed by atoms with E-state index in [9.17, 15) is 4.79 Å². The predicted molar refractivity (Wildman–Crippen MR) is 64.9 cm³/mol. The van der Waals surface area contributed by atoms with Crippen LogP contribution in [0, 0.1) is 0 Å². The minimum atomic E-state index is -0.192. The smallest absolute Gasteiger partial charge is 0.232 e. The summed E-state index contributed by atoms with van der Waals surface area (Å²) in [5, 5.41) is 6.36. The van der Waals surface area contributed by atoms with Crippen molar-refractivity contribution in [2.24, 2.45) is 0 Å². The summed E-state index contributed by atoms with van der Waals surface area (Å²) in [5.74, 6) is 0.243. The second-order valence-electron chi connectivity index (χ2n) is 3.82. The quantitative estimate of drug-likeness (QED) is 0.732. The fourth-order valence-corrected chi connectivity index (χ4v) is 1.68. The molecule has 0 aliphatic rings. The molecule has 0 aliphatic carbocycles. The van der Waals surface area contributed by atoms with Crippen molar-refractivity contribution in [3.8, 4) is 0 Å². The van der Waals surface area contributed by atoms with Crippen LogP contribution in [0.3, 0.4) is 0 Å². The maximum Gasteiger partial charge on any atom is 0.232 e. The molecule has 2 aromatic heterocycles. The highest BCUT2D eigenvalue weighted by Gasteiger charge is 2.09. The highest BCUT2D eigenvalue weighted by atomic mass is 16.5. The number of amides is 1. The molecule has 0 saturated carbocycles. The lowest BCUT2D eigenvalue weighted by molar-refractivity contribution is -0.115. The molecule has 0 unspecified atom stereocenters. The van der Waals surface area contributed by atoms with Crippen LogP contribution in [0.25, 0.3) is 11.0 Å². The van der Waals surface area contributed by atoms with Crippen molar-refractivity contribution in [2.45, 2.75) is 6.42 Å². The number of H-pyrrole nitrogens is 1. The van der Waals surface area contributed by atoms with E-state index in [2.05, 4.69) is 25.0 Å². The van der Waals surface area contributed by atoms with Gasteiger partial charge in [-0.05, 0) is 12.1 Å². The van der Waals surface area contributed by atoms with E-state index in [1.807, 2.05) is 24.3 Å². The van der Waals surface area contributed by atoms with Gasteiger partial charge < -0.3 is 9.51 Å². The molecule has 90 valence electrons. The minimum absolute atomic E-state index is 0.160. The van der Waals surface area contributed by atoms with Crippen molar-refractivity contribution in [3.63, 3.8) is 0 Å². The van der Waals surface area contributed by atoms with Gasteiger partial charge in [-0.2, -0.15) is 0 Å². The van der Waals surface area contributed by atoms with Gasteiger partial charge in [0.1, 0.15) is 6.26 Å². The third-order valence-corrected chi connectivity index (χ3v) is 2.48. The number of hydrogen-bond acceptors (Lipinski definition) is 4. The van der Waals surface area contributed by atoms with Gasteiger partial charge in [0.2, 0.25) is 11.9 Å². The Hall–Kier alpha value is -2.63. The molecule has 0 bridgehead atoms. The average Bonchev–Trinajstić information content (AvgIpc) is 2.96. The Balaban J connectivity index is 1.74. The largest absolute Gasteiger partial charge is 0.364 e. The summed E-state index contributed by atoms with van der Waals surface area (Å²) in [6.45, 7) is 0. The van der Waals surface area contributed by atoms with E-state index in [4.69, 9.17) is 0 Å². The van der Waals surface area contributed by atoms with Crippen LogP contribution in [0.4, 0.5) is 5.95 Å². The van der Waals surface area contributed by atoms with Crippen LogP contribution in [0.15, 0.2) is 41.1 Å². The Kier molecular flexibility index (Phi) is 2.53. The Morgan fingerprint density at radius 2 is 2.22 bits per heavy atom. The van der Waals surface area contributed by atoms with Gasteiger partial charge in [0, 0.05) is 6.07 Å². The first kappa shape index (κ1) is 10.5. The highest BCUT2D eigenvalue weighted by molar-refractivity contribution is 5.92. The summed E-state index contributed by atoms with van der Waals surface area (Å²) in [5.41, 5.74) is 2.28. The number of aromatic nitrogens is 3. The molecule has 6 nitrogen and oxygen atoms in total. The number of nitrogens with zero attached hydrogens (tertiary/aromatic N) is 2. The van der Waals surface area contributed by atoms with Crippen molar-refractivity contribution in [1.82, 2.24) is 15.1 Å². The molecule has 2 heterocycles. The van der Waals surface area contributed by atoms with Gasteiger partial charge in [-0.3, -0.25) is 10.1 Å². The van der Waals surface area contributed by atoms with Gasteiger partial charge in [0.25, 0.3) is 0 Å². The number of aromatic amines is 1. The lowest BCUT2D eigenvalue weighted by Gasteiger charge is -1.98. The van der Waals surface area contributed by atoms with Gasteiger partial charge in [0.05, 0.1) is 23.1 Å². The summed E-state index contributed by atoms with van der Waals surface area (Å²) in [4.78, 5) is 19.0. The first-order valence-corrected chi connectivity index (χ1v) is 5.45. The van der Waals surface area contributed by atoms with Crippen molar-refractivity contribution in [1.29, 1.82) is 0 Å². The van der Waals surface area contributed by atoms with E-state index in [0.717, 1.165) is 11.0 Å². The number of carbonyl (C=O) groups is 1. The first-order chi connectivity index (χ1) is 8.81. The van der Waals surface area contributed by atoms with E-state index in [1.165, 1.54) is 6.26 Å². The molecule has 18 heavy (non-hydrogen) atoms. The molecule has 0 spiro atoms. The number of para-hydroxylation sites is 2. The summed E-state index contributed by atoms with van der Waals surface area (Å²) in [6.07, 6.45) is 1.59. The Morgan fingerprint density at radius 3 is 3.00 bits per heavy atom. The monoisotopic (exact) mass is 242 g/mol. The van der Waals surface area contributed by atoms with Gasteiger partial charge in [-0.1, -0.05) is 17.3 Å². The molecule has 3 rings (SSSR count). The number of carbonyl (C=O) groups excluding carboxylic acids is 1. The van der Waals surface area contributed by atoms with Crippen LogP contribution >= 0.6 is 0 Å². The van der Waals surface area contributed by atoms with E-state index in [-0.39, 0.29) is 12.3 Å². The first-order valence-electron chi connectivity index (χ1n) is 5.45. The zero-order valence-corrected chi connectivity index (χ0v) is 9.38. The lowest BCUT2D eigenvalue weighted by Crippen LogP contribution is -2.15. The summed E-state index contributed by atoms with van der Waals surface area (Å²) in [7, 11) is 0. The van der Waals surface area contributed by atoms with Crippen LogP contribution in [0.1, 0.15) is 5.69 Å². The Morgan fingerprint density at radius 1 is 1.33 bits per heavy atom. The fourth-order valence-electron chi connectivity index (χ4n) is 1.68. The van der Waals surface area contributed by atoms with E-state index in [0.29, 0.717) is 11.6 Å². The number of benzene rings is 1. The standard InChI is InChI=1S/C12H10N4O2/c17-11(7-8-5-6-18-16-8)15-12-13-9-3-1-2-4-10(9)14-12/h1-6H,7H2,(H2,13,14,15,17). The Labute approximate surface area is 102 Å². The Bertz CT molecular complexity index is 639. The van der Waals surface area contributed by atoms with Gasteiger partial charge >= 0.3 is 0 Å². The van der Waals surface area contributed by atoms with Crippen molar-refractivity contribution < 1.29 is 9.32 Å². The number of hydrogen-bond donors (Lipinski definition) is 2. The molecule has 0 atom stereocenters. The number of nitrogens with one attached hydrogen (secondary N) is 2. The third kappa shape index (κ3) is 2.08. The molecular formula is C12H10N4O2. The fraction of sp³-hybridized carbons (Fsp3) is 0.0833. The van der Waals surface area contributed by atoms with Crippen LogP contribution in [0.5, 0.6) is 0 Å². The molecule has 3 aromatic rings. The van der Waals surface area contributed by atoms with Crippen molar-refractivity contribution in [3.05, 3.63) is 42.3 Å². The average molecular weight is 242 g/mol. The maximum absolute atomic E-state index is 11.7.